The molecule has 1 fully saturated rings. The molecular weight excluding hydrogens is 146 g/mol. The van der Waals surface area contributed by atoms with E-state index < -0.39 is 0 Å². The highest BCUT2D eigenvalue weighted by Gasteiger charge is 2.20. The minimum Gasteiger partial charge on any atom is -0.311 e. The lowest BCUT2D eigenvalue weighted by Crippen LogP contribution is -2.32. The smallest absolute Gasteiger partial charge is 0.0137 e. The Morgan fingerprint density at radius 2 is 2.08 bits per heavy atom. The Hall–Kier alpha value is -0.300. The van der Waals surface area contributed by atoms with Crippen molar-refractivity contribution in [2.45, 2.75) is 45.6 Å². The molecule has 12 heavy (non-hydrogen) atoms. The van der Waals surface area contributed by atoms with Crippen LogP contribution >= 0.6 is 0 Å². The molecule has 0 bridgehead atoms. The van der Waals surface area contributed by atoms with E-state index in [0.29, 0.717) is 6.04 Å². The van der Waals surface area contributed by atoms with E-state index in [0.717, 1.165) is 12.5 Å². The molecule has 1 saturated carbocycles. The van der Waals surface area contributed by atoms with Crippen LogP contribution in [0.15, 0.2) is 12.2 Å². The fourth-order valence-electron chi connectivity index (χ4n) is 2.00. The van der Waals surface area contributed by atoms with Gasteiger partial charge in [-0.05, 0) is 32.6 Å². The molecule has 0 unspecified atom stereocenters. The van der Waals surface area contributed by atoms with Gasteiger partial charge in [0.1, 0.15) is 0 Å². The molecule has 1 N–H and O–H groups in total. The van der Waals surface area contributed by atoms with Crippen LogP contribution in [0.25, 0.3) is 0 Å². The monoisotopic (exact) mass is 167 g/mol. The van der Waals surface area contributed by atoms with Crippen LogP contribution in [0.3, 0.4) is 0 Å². The van der Waals surface area contributed by atoms with Gasteiger partial charge < -0.3 is 5.32 Å². The SMILES string of the molecule is C/C=C/CN[C@H](C)C1CCCC1. The van der Waals surface area contributed by atoms with Gasteiger partial charge in [0.05, 0.1) is 0 Å². The molecule has 0 aliphatic heterocycles. The fraction of sp³-hybridized carbons (Fsp3) is 0.818. The third kappa shape index (κ3) is 2.98. The molecule has 1 aliphatic carbocycles. The van der Waals surface area contributed by atoms with E-state index in [2.05, 4.69) is 31.3 Å². The maximum Gasteiger partial charge on any atom is 0.0137 e. The molecule has 1 aliphatic rings. The van der Waals surface area contributed by atoms with Crippen molar-refractivity contribution in [1.29, 1.82) is 0 Å². The Kier molecular flexibility index (Phi) is 4.37. The third-order valence-corrected chi connectivity index (χ3v) is 2.90. The minimum atomic E-state index is 0.712. The van der Waals surface area contributed by atoms with Crippen LogP contribution in [0.5, 0.6) is 0 Å². The summed E-state index contributed by atoms with van der Waals surface area (Å²) in [4.78, 5) is 0. The second-order valence-corrected chi connectivity index (χ2v) is 3.81. The molecule has 0 spiro atoms. The summed E-state index contributed by atoms with van der Waals surface area (Å²) >= 11 is 0. The molecular formula is C11H21N. The summed E-state index contributed by atoms with van der Waals surface area (Å²) in [6, 6.07) is 0.712. The summed E-state index contributed by atoms with van der Waals surface area (Å²) in [7, 11) is 0. The number of rotatable bonds is 4. The Morgan fingerprint density at radius 1 is 1.42 bits per heavy atom. The third-order valence-electron chi connectivity index (χ3n) is 2.90. The first-order valence-corrected chi connectivity index (χ1v) is 5.19. The highest BCUT2D eigenvalue weighted by molar-refractivity contribution is 4.83. The number of hydrogen-bond acceptors (Lipinski definition) is 1. The lowest BCUT2D eigenvalue weighted by molar-refractivity contribution is 0.394. The van der Waals surface area contributed by atoms with Crippen molar-refractivity contribution in [1.82, 2.24) is 5.32 Å². The van der Waals surface area contributed by atoms with Crippen LogP contribution in [0.2, 0.25) is 0 Å². The second-order valence-electron chi connectivity index (χ2n) is 3.81. The molecule has 0 radical (unpaired) electrons. The van der Waals surface area contributed by atoms with E-state index >= 15 is 0 Å². The Balaban J connectivity index is 2.13. The largest absolute Gasteiger partial charge is 0.311 e. The molecule has 1 nitrogen and oxygen atoms in total. The van der Waals surface area contributed by atoms with Crippen LogP contribution in [-0.2, 0) is 0 Å². The Bertz CT molecular complexity index is 134. The molecule has 0 saturated heterocycles. The molecule has 0 amide bonds. The molecule has 1 heteroatoms. The maximum absolute atomic E-state index is 3.54. The Morgan fingerprint density at radius 3 is 2.67 bits per heavy atom. The zero-order chi connectivity index (χ0) is 8.81. The van der Waals surface area contributed by atoms with Crippen LogP contribution in [0, 0.1) is 5.92 Å². The van der Waals surface area contributed by atoms with Crippen molar-refractivity contribution in [3.8, 4) is 0 Å². The van der Waals surface area contributed by atoms with Gasteiger partial charge in [0.2, 0.25) is 0 Å². The summed E-state index contributed by atoms with van der Waals surface area (Å²) in [5.41, 5.74) is 0. The first-order chi connectivity index (χ1) is 5.84. The zero-order valence-electron chi connectivity index (χ0n) is 8.34. The van der Waals surface area contributed by atoms with Crippen molar-refractivity contribution < 1.29 is 0 Å². The average molecular weight is 167 g/mol. The quantitative estimate of drug-likeness (QED) is 0.635. The van der Waals surface area contributed by atoms with Gasteiger partial charge in [0.15, 0.2) is 0 Å². The number of hydrogen-bond donors (Lipinski definition) is 1. The summed E-state index contributed by atoms with van der Waals surface area (Å²) in [5, 5.41) is 3.54. The molecule has 0 aromatic heterocycles. The normalized spacial score (nSPS) is 22.2. The Labute approximate surface area is 76.2 Å². The van der Waals surface area contributed by atoms with E-state index in [1.165, 1.54) is 25.7 Å². The predicted octanol–water partition coefficient (Wildman–Crippen LogP) is 2.73. The number of allylic oxidation sites excluding steroid dienone is 1. The lowest BCUT2D eigenvalue weighted by Gasteiger charge is -2.19. The van der Waals surface area contributed by atoms with Gasteiger partial charge in [0.25, 0.3) is 0 Å². The molecule has 0 heterocycles. The van der Waals surface area contributed by atoms with Crippen molar-refractivity contribution in [3.63, 3.8) is 0 Å². The van der Waals surface area contributed by atoms with E-state index in [1.807, 2.05) is 0 Å². The number of nitrogens with one attached hydrogen (secondary N) is 1. The standard InChI is InChI=1S/C11H21N/c1-3-4-9-12-10(2)11-7-5-6-8-11/h3-4,10-12H,5-9H2,1-2H3/b4-3+/t10-/m1/s1. The maximum atomic E-state index is 3.54. The summed E-state index contributed by atoms with van der Waals surface area (Å²) in [6.45, 7) is 5.43. The van der Waals surface area contributed by atoms with Crippen LogP contribution in [0.4, 0.5) is 0 Å². The predicted molar refractivity (Wildman–Crippen MR) is 54.2 cm³/mol. The molecule has 0 aromatic carbocycles. The topological polar surface area (TPSA) is 12.0 Å². The van der Waals surface area contributed by atoms with Gasteiger partial charge in [-0.3, -0.25) is 0 Å². The van der Waals surface area contributed by atoms with Crippen LogP contribution < -0.4 is 5.32 Å². The molecule has 70 valence electrons. The van der Waals surface area contributed by atoms with Gasteiger partial charge in [-0.25, -0.2) is 0 Å². The van der Waals surface area contributed by atoms with Crippen molar-refractivity contribution in [3.05, 3.63) is 12.2 Å². The van der Waals surface area contributed by atoms with Gasteiger partial charge in [-0.2, -0.15) is 0 Å². The van der Waals surface area contributed by atoms with Gasteiger partial charge >= 0.3 is 0 Å². The lowest BCUT2D eigenvalue weighted by atomic mass is 10.00. The van der Waals surface area contributed by atoms with Gasteiger partial charge in [0, 0.05) is 12.6 Å². The van der Waals surface area contributed by atoms with Gasteiger partial charge in [-0.15, -0.1) is 0 Å². The molecule has 1 atom stereocenters. The first-order valence-electron chi connectivity index (χ1n) is 5.19. The van der Waals surface area contributed by atoms with E-state index in [4.69, 9.17) is 0 Å². The van der Waals surface area contributed by atoms with Crippen molar-refractivity contribution >= 4 is 0 Å². The van der Waals surface area contributed by atoms with E-state index in [-0.39, 0.29) is 0 Å². The zero-order valence-corrected chi connectivity index (χ0v) is 8.34. The van der Waals surface area contributed by atoms with Crippen molar-refractivity contribution in [2.75, 3.05) is 6.54 Å². The second kappa shape index (κ2) is 5.36. The van der Waals surface area contributed by atoms with E-state index in [9.17, 15) is 0 Å². The van der Waals surface area contributed by atoms with Crippen LogP contribution in [0.1, 0.15) is 39.5 Å². The molecule has 0 aromatic rings. The molecule has 1 rings (SSSR count). The first kappa shape index (κ1) is 9.79. The summed E-state index contributed by atoms with van der Waals surface area (Å²) in [5.74, 6) is 0.940. The van der Waals surface area contributed by atoms with Crippen molar-refractivity contribution in [2.24, 2.45) is 5.92 Å². The minimum absolute atomic E-state index is 0.712. The highest BCUT2D eigenvalue weighted by Crippen LogP contribution is 2.27. The highest BCUT2D eigenvalue weighted by atomic mass is 14.9. The van der Waals surface area contributed by atoms with E-state index in [1.54, 1.807) is 0 Å². The fourth-order valence-corrected chi connectivity index (χ4v) is 2.00. The summed E-state index contributed by atoms with van der Waals surface area (Å²) in [6.07, 6.45) is 10.1. The summed E-state index contributed by atoms with van der Waals surface area (Å²) < 4.78 is 0. The van der Waals surface area contributed by atoms with Crippen LogP contribution in [-0.4, -0.2) is 12.6 Å². The average Bonchev–Trinajstić information content (AvgIpc) is 2.56. The van der Waals surface area contributed by atoms with Gasteiger partial charge in [-0.1, -0.05) is 25.0 Å².